The lowest BCUT2D eigenvalue weighted by molar-refractivity contribution is -0.497. The third kappa shape index (κ3) is 5.38. The number of rotatable bonds is 6. The van der Waals surface area contributed by atoms with Crippen molar-refractivity contribution in [1.82, 2.24) is 5.39 Å². The van der Waals surface area contributed by atoms with Gasteiger partial charge < -0.3 is 10.5 Å². The first-order valence-electron chi connectivity index (χ1n) is 4.86. The fourth-order valence-corrected chi connectivity index (χ4v) is 1.09. The van der Waals surface area contributed by atoms with Gasteiger partial charge in [0.2, 0.25) is 0 Å². The summed E-state index contributed by atoms with van der Waals surface area (Å²) in [5, 5.41) is 16.3. The molecule has 0 fully saturated rings. The number of nitrogens with zero attached hydrogens (tertiary/aromatic N) is 1. The van der Waals surface area contributed by atoms with Gasteiger partial charge in [-0.3, -0.25) is 15.2 Å². The predicted molar refractivity (Wildman–Crippen MR) is 55.5 cm³/mol. The first kappa shape index (κ1) is 13.6. The molecule has 0 bridgehead atoms. The van der Waals surface area contributed by atoms with Crippen molar-refractivity contribution in [2.75, 3.05) is 6.54 Å². The molecule has 0 amide bonds. The van der Waals surface area contributed by atoms with E-state index in [9.17, 15) is 4.79 Å². The summed E-state index contributed by atoms with van der Waals surface area (Å²) in [7, 11) is 0. The molecule has 4 N–H and O–H groups in total. The maximum absolute atomic E-state index is 10.8. The van der Waals surface area contributed by atoms with Gasteiger partial charge in [-0.05, 0) is 11.1 Å². The second kappa shape index (κ2) is 6.94. The molecule has 0 aliphatic carbocycles. The van der Waals surface area contributed by atoms with E-state index in [0.717, 1.165) is 11.1 Å². The molecule has 0 spiro atoms. The highest BCUT2D eigenvalue weighted by Crippen LogP contribution is 2.07. The third-order valence-electron chi connectivity index (χ3n) is 1.94. The first-order valence-corrected chi connectivity index (χ1v) is 4.86. The van der Waals surface area contributed by atoms with Gasteiger partial charge in [-0.15, -0.1) is 0 Å². The SMILES string of the molecule is NCC(=O)OCc1ccc(CON(O)O)cc1. The van der Waals surface area contributed by atoms with E-state index in [0.29, 0.717) is 0 Å². The van der Waals surface area contributed by atoms with Crippen LogP contribution in [0.1, 0.15) is 11.1 Å². The Balaban J connectivity index is 2.42. The van der Waals surface area contributed by atoms with E-state index in [1.54, 1.807) is 24.3 Å². The Morgan fingerprint density at radius 3 is 2.18 bits per heavy atom. The van der Waals surface area contributed by atoms with Gasteiger partial charge in [-0.1, -0.05) is 24.3 Å². The number of hydrogen-bond donors (Lipinski definition) is 3. The minimum absolute atomic E-state index is 0.0237. The number of hydrogen-bond acceptors (Lipinski definition) is 7. The number of carbonyl (C=O) groups is 1. The van der Waals surface area contributed by atoms with Crippen LogP contribution in [0.15, 0.2) is 24.3 Å². The fraction of sp³-hybridized carbons (Fsp3) is 0.300. The minimum Gasteiger partial charge on any atom is -0.460 e. The van der Waals surface area contributed by atoms with Crippen LogP contribution in [-0.2, 0) is 27.6 Å². The summed E-state index contributed by atoms with van der Waals surface area (Å²) in [5.74, 6) is -0.464. The van der Waals surface area contributed by atoms with E-state index >= 15 is 0 Å². The van der Waals surface area contributed by atoms with Crippen molar-refractivity contribution >= 4 is 5.97 Å². The van der Waals surface area contributed by atoms with E-state index in [4.69, 9.17) is 20.9 Å². The zero-order valence-corrected chi connectivity index (χ0v) is 9.07. The molecule has 7 nitrogen and oxygen atoms in total. The van der Waals surface area contributed by atoms with Gasteiger partial charge in [0.05, 0.1) is 18.5 Å². The number of esters is 1. The standard InChI is InChI=1S/C10H14N2O5/c11-5-10(13)16-6-8-1-3-9(4-2-8)7-17-12(14)15/h1-4,14-15H,5-7,11H2. The summed E-state index contributed by atoms with van der Waals surface area (Å²) in [5.41, 5.74) is 6.63. The number of benzene rings is 1. The van der Waals surface area contributed by atoms with Crippen LogP contribution >= 0.6 is 0 Å². The molecule has 1 aromatic rings. The van der Waals surface area contributed by atoms with E-state index in [-0.39, 0.29) is 25.1 Å². The summed E-state index contributed by atoms with van der Waals surface area (Å²) in [6.45, 7) is 0.0356. The Hall–Kier alpha value is -1.51. The molecule has 0 atom stereocenters. The fourth-order valence-electron chi connectivity index (χ4n) is 1.09. The Morgan fingerprint density at radius 1 is 1.18 bits per heavy atom. The molecule has 7 heteroatoms. The molecule has 0 aliphatic rings. The zero-order valence-electron chi connectivity index (χ0n) is 9.07. The molecule has 0 unspecified atom stereocenters. The second-order valence-electron chi connectivity index (χ2n) is 3.21. The van der Waals surface area contributed by atoms with Gasteiger partial charge in [-0.2, -0.15) is 0 Å². The number of ether oxygens (including phenoxy) is 1. The molecular weight excluding hydrogens is 228 g/mol. The molecule has 0 aromatic heterocycles. The monoisotopic (exact) mass is 242 g/mol. The highest BCUT2D eigenvalue weighted by molar-refractivity contribution is 5.71. The van der Waals surface area contributed by atoms with E-state index in [2.05, 4.69) is 4.84 Å². The van der Waals surface area contributed by atoms with Gasteiger partial charge in [0.15, 0.2) is 0 Å². The summed E-state index contributed by atoms with van der Waals surface area (Å²) >= 11 is 0. The molecule has 0 radical (unpaired) electrons. The van der Waals surface area contributed by atoms with Crippen LogP contribution < -0.4 is 5.73 Å². The maximum Gasteiger partial charge on any atom is 0.320 e. The molecule has 1 aromatic carbocycles. The molecule has 17 heavy (non-hydrogen) atoms. The Kier molecular flexibility index (Phi) is 5.53. The lowest BCUT2D eigenvalue weighted by atomic mass is 10.1. The average molecular weight is 242 g/mol. The van der Waals surface area contributed by atoms with Crippen molar-refractivity contribution < 1.29 is 24.8 Å². The summed E-state index contributed by atoms with van der Waals surface area (Å²) in [6.07, 6.45) is 0. The van der Waals surface area contributed by atoms with Gasteiger partial charge in [0, 0.05) is 0 Å². The van der Waals surface area contributed by atoms with Crippen molar-refractivity contribution in [3.05, 3.63) is 35.4 Å². The Labute approximate surface area is 97.8 Å². The largest absolute Gasteiger partial charge is 0.460 e. The van der Waals surface area contributed by atoms with E-state index in [1.807, 2.05) is 0 Å². The number of carbonyl (C=O) groups excluding carboxylic acids is 1. The van der Waals surface area contributed by atoms with Crippen molar-refractivity contribution in [3.63, 3.8) is 0 Å². The molecule has 0 heterocycles. The van der Waals surface area contributed by atoms with Gasteiger partial charge in [0.25, 0.3) is 0 Å². The smallest absolute Gasteiger partial charge is 0.320 e. The van der Waals surface area contributed by atoms with Crippen molar-refractivity contribution in [2.24, 2.45) is 5.73 Å². The highest BCUT2D eigenvalue weighted by Gasteiger charge is 2.01. The van der Waals surface area contributed by atoms with Crippen LogP contribution in [-0.4, -0.2) is 28.3 Å². The molecular formula is C10H14N2O5. The molecule has 0 aliphatic heterocycles. The van der Waals surface area contributed by atoms with Crippen molar-refractivity contribution in [2.45, 2.75) is 13.2 Å². The summed E-state index contributed by atoms with van der Waals surface area (Å²) < 4.78 is 4.83. The van der Waals surface area contributed by atoms with Crippen LogP contribution in [0.4, 0.5) is 0 Å². The van der Waals surface area contributed by atoms with Crippen LogP contribution in [0.2, 0.25) is 0 Å². The second-order valence-corrected chi connectivity index (χ2v) is 3.21. The number of nitrogens with two attached hydrogens (primary N) is 1. The molecule has 1 rings (SSSR count). The minimum atomic E-state index is -0.464. The zero-order chi connectivity index (χ0) is 12.7. The molecule has 0 saturated heterocycles. The lowest BCUT2D eigenvalue weighted by Gasteiger charge is -2.07. The van der Waals surface area contributed by atoms with Crippen LogP contribution in [0.25, 0.3) is 0 Å². The third-order valence-corrected chi connectivity index (χ3v) is 1.94. The van der Waals surface area contributed by atoms with E-state index in [1.165, 1.54) is 0 Å². The van der Waals surface area contributed by atoms with Crippen LogP contribution in [0.5, 0.6) is 0 Å². The van der Waals surface area contributed by atoms with Gasteiger partial charge in [0.1, 0.15) is 6.61 Å². The van der Waals surface area contributed by atoms with Crippen LogP contribution in [0.3, 0.4) is 0 Å². The summed E-state index contributed by atoms with van der Waals surface area (Å²) in [6, 6.07) is 6.91. The van der Waals surface area contributed by atoms with Crippen molar-refractivity contribution in [1.29, 1.82) is 0 Å². The molecule has 0 saturated carbocycles. The predicted octanol–water partition coefficient (Wildman–Crippen LogP) is 0.200. The Bertz CT molecular complexity index is 352. The highest BCUT2D eigenvalue weighted by atomic mass is 17.1. The van der Waals surface area contributed by atoms with Gasteiger partial charge in [-0.25, -0.2) is 4.84 Å². The van der Waals surface area contributed by atoms with Crippen LogP contribution in [0, 0.1) is 0 Å². The van der Waals surface area contributed by atoms with Gasteiger partial charge >= 0.3 is 5.97 Å². The average Bonchev–Trinajstić information content (AvgIpc) is 2.34. The maximum atomic E-state index is 10.8. The quantitative estimate of drug-likeness (QED) is 0.483. The van der Waals surface area contributed by atoms with Crippen molar-refractivity contribution in [3.8, 4) is 0 Å². The summed E-state index contributed by atoms with van der Waals surface area (Å²) in [4.78, 5) is 15.2. The first-order chi connectivity index (χ1) is 8.11. The normalized spacial score (nSPS) is 10.6. The lowest BCUT2D eigenvalue weighted by Crippen LogP contribution is -2.16. The molecule has 94 valence electrons. The topological polar surface area (TPSA) is 105 Å². The Morgan fingerprint density at radius 2 is 1.71 bits per heavy atom. The van der Waals surface area contributed by atoms with E-state index < -0.39 is 5.97 Å².